The molecule has 2 aromatic rings. The van der Waals surface area contributed by atoms with Gasteiger partial charge in [-0.3, -0.25) is 4.98 Å². The number of benzene rings is 1. The molecular weight excluding hydrogens is 261 g/mol. The number of hydrogen-bond donors (Lipinski definition) is 1. The molecule has 0 atom stereocenters. The van der Waals surface area contributed by atoms with E-state index in [-0.39, 0.29) is 5.82 Å². The molecular formula is C14H14FN3S. The van der Waals surface area contributed by atoms with Crippen molar-refractivity contribution in [3.8, 4) is 0 Å². The van der Waals surface area contributed by atoms with E-state index in [4.69, 9.17) is 0 Å². The van der Waals surface area contributed by atoms with E-state index < -0.39 is 0 Å². The number of halogens is 1. The smallest absolute Gasteiger partial charge is 0.128 e. The summed E-state index contributed by atoms with van der Waals surface area (Å²) >= 11 is 1.45. The highest BCUT2D eigenvalue weighted by molar-refractivity contribution is 7.99. The molecule has 1 aromatic carbocycles. The van der Waals surface area contributed by atoms with Gasteiger partial charge < -0.3 is 5.32 Å². The maximum absolute atomic E-state index is 13.9. The molecule has 0 aliphatic heterocycles. The molecule has 1 fully saturated rings. The van der Waals surface area contributed by atoms with Gasteiger partial charge in [0.05, 0.1) is 6.20 Å². The van der Waals surface area contributed by atoms with Crippen LogP contribution in [-0.2, 0) is 6.54 Å². The minimum absolute atomic E-state index is 0.165. The van der Waals surface area contributed by atoms with Crippen molar-refractivity contribution in [3.05, 3.63) is 48.2 Å². The van der Waals surface area contributed by atoms with Crippen molar-refractivity contribution in [2.45, 2.75) is 35.3 Å². The maximum atomic E-state index is 13.9. The van der Waals surface area contributed by atoms with Crippen LogP contribution < -0.4 is 5.32 Å². The van der Waals surface area contributed by atoms with Crippen molar-refractivity contribution < 1.29 is 4.39 Å². The maximum Gasteiger partial charge on any atom is 0.128 e. The van der Waals surface area contributed by atoms with Gasteiger partial charge in [-0.1, -0.05) is 17.8 Å². The van der Waals surface area contributed by atoms with Crippen LogP contribution in [0.15, 0.2) is 46.7 Å². The highest BCUT2D eigenvalue weighted by atomic mass is 32.2. The van der Waals surface area contributed by atoms with Crippen LogP contribution >= 0.6 is 11.8 Å². The van der Waals surface area contributed by atoms with Crippen LogP contribution in [-0.4, -0.2) is 16.0 Å². The first-order valence-electron chi connectivity index (χ1n) is 6.27. The molecule has 98 valence electrons. The fraction of sp³-hybridized carbons (Fsp3) is 0.286. The van der Waals surface area contributed by atoms with Gasteiger partial charge in [-0.15, -0.1) is 0 Å². The predicted molar refractivity (Wildman–Crippen MR) is 72.4 cm³/mol. The highest BCUT2D eigenvalue weighted by Gasteiger charge is 2.21. The summed E-state index contributed by atoms with van der Waals surface area (Å²) in [5, 5.41) is 4.13. The third kappa shape index (κ3) is 3.30. The minimum atomic E-state index is -0.165. The topological polar surface area (TPSA) is 37.8 Å². The first-order chi connectivity index (χ1) is 9.33. The molecule has 1 aliphatic carbocycles. The molecule has 5 heteroatoms. The molecule has 0 amide bonds. The van der Waals surface area contributed by atoms with Crippen LogP contribution in [0.5, 0.6) is 0 Å². The largest absolute Gasteiger partial charge is 0.310 e. The molecule has 1 N–H and O–H groups in total. The summed E-state index contributed by atoms with van der Waals surface area (Å²) in [7, 11) is 0. The molecule has 1 heterocycles. The van der Waals surface area contributed by atoms with Gasteiger partial charge in [-0.25, -0.2) is 9.37 Å². The van der Waals surface area contributed by atoms with Crippen LogP contribution in [0.4, 0.5) is 4.39 Å². The SMILES string of the molecule is Fc1cccc(Sc2cnccn2)c1CNC1CC1. The van der Waals surface area contributed by atoms with Crippen LogP contribution in [0.1, 0.15) is 18.4 Å². The zero-order chi connectivity index (χ0) is 13.1. The second-order valence-corrected chi connectivity index (χ2v) is 5.58. The Morgan fingerprint density at radius 3 is 2.95 bits per heavy atom. The van der Waals surface area contributed by atoms with E-state index in [0.717, 1.165) is 9.92 Å². The van der Waals surface area contributed by atoms with Crippen molar-refractivity contribution in [2.24, 2.45) is 0 Å². The Bertz CT molecular complexity index is 558. The third-order valence-electron chi connectivity index (χ3n) is 2.97. The molecule has 3 rings (SSSR count). The lowest BCUT2D eigenvalue weighted by Gasteiger charge is -2.10. The molecule has 0 radical (unpaired) electrons. The Morgan fingerprint density at radius 2 is 2.21 bits per heavy atom. The Balaban J connectivity index is 1.80. The summed E-state index contributed by atoms with van der Waals surface area (Å²) in [6.45, 7) is 0.569. The van der Waals surface area contributed by atoms with Gasteiger partial charge in [-0.05, 0) is 25.0 Å². The number of hydrogen-bond acceptors (Lipinski definition) is 4. The van der Waals surface area contributed by atoms with Crippen LogP contribution in [0.3, 0.4) is 0 Å². The molecule has 1 saturated carbocycles. The van der Waals surface area contributed by atoms with Gasteiger partial charge in [0.15, 0.2) is 0 Å². The van der Waals surface area contributed by atoms with E-state index >= 15 is 0 Å². The molecule has 0 bridgehead atoms. The quantitative estimate of drug-likeness (QED) is 0.910. The van der Waals surface area contributed by atoms with Crippen LogP contribution in [0, 0.1) is 5.82 Å². The fourth-order valence-electron chi connectivity index (χ4n) is 1.79. The highest BCUT2D eigenvalue weighted by Crippen LogP contribution is 2.30. The van der Waals surface area contributed by atoms with Gasteiger partial charge in [0.2, 0.25) is 0 Å². The average molecular weight is 275 g/mol. The first kappa shape index (κ1) is 12.6. The standard InChI is InChI=1S/C14H14FN3S/c15-12-2-1-3-13(11(12)8-18-10-4-5-10)19-14-9-16-6-7-17-14/h1-3,6-7,9-10,18H,4-5,8H2. The van der Waals surface area contributed by atoms with E-state index in [1.54, 1.807) is 24.7 Å². The number of nitrogens with one attached hydrogen (secondary N) is 1. The summed E-state index contributed by atoms with van der Waals surface area (Å²) in [5.74, 6) is -0.165. The van der Waals surface area contributed by atoms with Crippen molar-refractivity contribution in [1.82, 2.24) is 15.3 Å². The van der Waals surface area contributed by atoms with Crippen molar-refractivity contribution >= 4 is 11.8 Å². The zero-order valence-corrected chi connectivity index (χ0v) is 11.2. The Morgan fingerprint density at radius 1 is 1.32 bits per heavy atom. The molecule has 0 saturated heterocycles. The fourth-order valence-corrected chi connectivity index (χ4v) is 2.68. The summed E-state index contributed by atoms with van der Waals surface area (Å²) in [4.78, 5) is 9.13. The first-order valence-corrected chi connectivity index (χ1v) is 7.09. The Labute approximate surface area is 115 Å². The van der Waals surface area contributed by atoms with Gasteiger partial charge in [0.1, 0.15) is 10.8 Å². The van der Waals surface area contributed by atoms with Crippen molar-refractivity contribution in [2.75, 3.05) is 0 Å². The summed E-state index contributed by atoms with van der Waals surface area (Å²) in [6.07, 6.45) is 7.35. The number of aromatic nitrogens is 2. The Hall–Kier alpha value is -1.46. The third-order valence-corrected chi connectivity index (χ3v) is 4.00. The van der Waals surface area contributed by atoms with Crippen molar-refractivity contribution in [1.29, 1.82) is 0 Å². The number of rotatable bonds is 5. The summed E-state index contributed by atoms with van der Waals surface area (Å²) in [5.41, 5.74) is 0.713. The van der Waals surface area contributed by atoms with E-state index in [0.29, 0.717) is 18.2 Å². The molecule has 3 nitrogen and oxygen atoms in total. The molecule has 0 unspecified atom stereocenters. The lowest BCUT2D eigenvalue weighted by Crippen LogP contribution is -2.16. The van der Waals surface area contributed by atoms with Crippen LogP contribution in [0.25, 0.3) is 0 Å². The van der Waals surface area contributed by atoms with Crippen molar-refractivity contribution in [3.63, 3.8) is 0 Å². The second kappa shape index (κ2) is 5.67. The molecule has 1 aromatic heterocycles. The van der Waals surface area contributed by atoms with E-state index in [9.17, 15) is 4.39 Å². The second-order valence-electron chi connectivity index (χ2n) is 4.52. The normalized spacial score (nSPS) is 14.6. The van der Waals surface area contributed by atoms with E-state index in [1.807, 2.05) is 6.07 Å². The van der Waals surface area contributed by atoms with E-state index in [2.05, 4.69) is 15.3 Å². The summed E-state index contributed by atoms with van der Waals surface area (Å²) < 4.78 is 13.9. The Kier molecular flexibility index (Phi) is 3.75. The predicted octanol–water partition coefficient (Wildman–Crippen LogP) is 3.02. The molecule has 0 spiro atoms. The molecule has 19 heavy (non-hydrogen) atoms. The zero-order valence-electron chi connectivity index (χ0n) is 10.3. The lowest BCUT2D eigenvalue weighted by molar-refractivity contribution is 0.579. The summed E-state index contributed by atoms with van der Waals surface area (Å²) in [6, 6.07) is 5.72. The monoisotopic (exact) mass is 275 g/mol. The van der Waals surface area contributed by atoms with Gasteiger partial charge in [0, 0.05) is 35.4 Å². The number of nitrogens with zero attached hydrogens (tertiary/aromatic N) is 2. The lowest BCUT2D eigenvalue weighted by atomic mass is 10.2. The van der Waals surface area contributed by atoms with Gasteiger partial charge in [0.25, 0.3) is 0 Å². The van der Waals surface area contributed by atoms with Gasteiger partial charge >= 0.3 is 0 Å². The van der Waals surface area contributed by atoms with Gasteiger partial charge in [-0.2, -0.15) is 0 Å². The van der Waals surface area contributed by atoms with E-state index in [1.165, 1.54) is 30.7 Å². The average Bonchev–Trinajstić information content (AvgIpc) is 3.23. The molecule has 1 aliphatic rings. The minimum Gasteiger partial charge on any atom is -0.310 e. The van der Waals surface area contributed by atoms with Crippen LogP contribution in [0.2, 0.25) is 0 Å².